The van der Waals surface area contributed by atoms with E-state index in [9.17, 15) is 0 Å². The maximum atomic E-state index is 5.84. The van der Waals surface area contributed by atoms with Gasteiger partial charge < -0.3 is 0 Å². The lowest BCUT2D eigenvalue weighted by atomic mass is 9.86. The van der Waals surface area contributed by atoms with Crippen molar-refractivity contribution in [2.24, 2.45) is 0 Å². The molecule has 102 heavy (non-hydrogen) atoms. The lowest BCUT2D eigenvalue weighted by Gasteiger charge is -2.18. The summed E-state index contributed by atoms with van der Waals surface area (Å²) >= 11 is 0. The van der Waals surface area contributed by atoms with Gasteiger partial charge in [0.25, 0.3) is 0 Å². The zero-order valence-electron chi connectivity index (χ0n) is 55.3. The zero-order chi connectivity index (χ0) is 66.9. The topological polar surface area (TPSA) is 51.6 Å². The van der Waals surface area contributed by atoms with Crippen molar-refractivity contribution in [1.29, 1.82) is 0 Å². The summed E-state index contributed by atoms with van der Waals surface area (Å²) in [5.74, 6) is 0. The van der Waals surface area contributed by atoms with Gasteiger partial charge in [-0.3, -0.25) is 15.0 Å². The average molecular weight is 1290 g/mol. The third kappa shape index (κ3) is 9.45. The average Bonchev–Trinajstić information content (AvgIpc) is 1.10. The van der Waals surface area contributed by atoms with Gasteiger partial charge in [0.2, 0.25) is 0 Å². The third-order valence-electron chi connectivity index (χ3n) is 21.4. The maximum absolute atomic E-state index is 5.84. The lowest BCUT2D eigenvalue weighted by molar-refractivity contribution is 1.37. The summed E-state index contributed by atoms with van der Waals surface area (Å²) in [6.07, 6.45) is 5.71. The molecule has 0 unspecified atom stereocenters. The highest BCUT2D eigenvalue weighted by molar-refractivity contribution is 6.28. The predicted octanol–water partition coefficient (Wildman–Crippen LogP) is 26.4. The molecule has 0 saturated heterocycles. The molecular formula is C98H58N4. The molecule has 470 valence electrons. The summed E-state index contributed by atoms with van der Waals surface area (Å²) in [5.41, 5.74) is 21.8. The Hall–Kier alpha value is -13.5. The Morgan fingerprint density at radius 3 is 1.38 bits per heavy atom. The fourth-order valence-corrected chi connectivity index (χ4v) is 16.4. The normalized spacial score (nSPS) is 11.9. The minimum absolute atomic E-state index is 0.917. The number of aromatic nitrogens is 4. The highest BCUT2D eigenvalue weighted by atomic mass is 14.7. The highest BCUT2D eigenvalue weighted by Crippen LogP contribution is 2.47. The Morgan fingerprint density at radius 2 is 0.608 bits per heavy atom. The van der Waals surface area contributed by atoms with Gasteiger partial charge in [-0.25, -0.2) is 4.98 Å². The smallest absolute Gasteiger partial charge is 0.0964 e. The summed E-state index contributed by atoms with van der Waals surface area (Å²) in [4.78, 5) is 20.3. The zero-order valence-corrected chi connectivity index (χ0v) is 55.3. The largest absolute Gasteiger partial charge is 0.256 e. The van der Waals surface area contributed by atoms with Crippen molar-refractivity contribution >= 4 is 130 Å². The Labute approximate surface area is 587 Å². The summed E-state index contributed by atoms with van der Waals surface area (Å²) in [5, 5.41) is 23.7. The highest BCUT2D eigenvalue weighted by Gasteiger charge is 2.21. The molecule has 0 atom stereocenters. The molecule has 4 nitrogen and oxygen atoms in total. The first-order valence-corrected chi connectivity index (χ1v) is 34.9. The van der Waals surface area contributed by atoms with Gasteiger partial charge in [0.15, 0.2) is 0 Å². The van der Waals surface area contributed by atoms with Crippen LogP contribution in [0.4, 0.5) is 0 Å². The van der Waals surface area contributed by atoms with Gasteiger partial charge in [-0.05, 0) is 232 Å². The molecule has 0 aliphatic rings. The van der Waals surface area contributed by atoms with Gasteiger partial charge in [-0.2, -0.15) is 0 Å². The molecule has 4 heterocycles. The van der Waals surface area contributed by atoms with Crippen molar-refractivity contribution in [1.82, 2.24) is 19.9 Å². The van der Waals surface area contributed by atoms with E-state index in [1.165, 1.54) is 103 Å². The molecule has 21 aromatic rings. The molecule has 0 bridgehead atoms. The third-order valence-corrected chi connectivity index (χ3v) is 21.4. The molecule has 0 saturated carbocycles. The van der Waals surface area contributed by atoms with Gasteiger partial charge in [0.05, 0.1) is 27.8 Å². The van der Waals surface area contributed by atoms with E-state index in [0.29, 0.717) is 0 Å². The van der Waals surface area contributed by atoms with E-state index in [2.05, 4.69) is 327 Å². The molecular weight excluding hydrogens is 1230 g/mol. The first-order chi connectivity index (χ1) is 50.5. The molecule has 0 N–H and O–H groups in total. The fraction of sp³-hybridized carbons (Fsp3) is 0. The fourth-order valence-electron chi connectivity index (χ4n) is 16.4. The molecule has 0 aliphatic heterocycles. The van der Waals surface area contributed by atoms with Crippen LogP contribution in [-0.2, 0) is 0 Å². The Kier molecular flexibility index (Phi) is 13.0. The van der Waals surface area contributed by atoms with E-state index in [0.717, 1.165) is 116 Å². The number of nitrogens with zero attached hydrogens (tertiary/aromatic N) is 4. The van der Waals surface area contributed by atoms with E-state index in [-0.39, 0.29) is 0 Å². The first kappa shape index (κ1) is 57.5. The molecule has 0 radical (unpaired) electrons. The van der Waals surface area contributed by atoms with Crippen LogP contribution in [0.15, 0.2) is 352 Å². The van der Waals surface area contributed by atoms with Crippen molar-refractivity contribution in [3.8, 4) is 89.1 Å². The van der Waals surface area contributed by atoms with Gasteiger partial charge in [0, 0.05) is 62.4 Å². The molecule has 4 heteroatoms. The Balaban J connectivity index is 0.690. The number of para-hydroxylation sites is 2. The second-order valence-electron chi connectivity index (χ2n) is 27.2. The molecule has 4 aromatic heterocycles. The molecule has 21 rings (SSSR count). The number of hydrogen-bond acceptors (Lipinski definition) is 4. The van der Waals surface area contributed by atoms with Gasteiger partial charge in [-0.15, -0.1) is 0 Å². The SMILES string of the molecule is c1cc(-c2cc3ccc4ccc(-c5cccc(-c6cccc7ccc(-c8cc9cc(-c%10ccc%11ccccc%11c%10)ccc9c9c8cc(-c8ccc%10cc(-c%11cnc%12c(ccc%13cccnc%13%12)c%11)ccc%10c8)c8ccccc89)nc67)c5)cc4c3c3ccccc23)cc(-c2cccc3cccnc23)c1. The Bertz CT molecular complexity index is 7140. The van der Waals surface area contributed by atoms with Gasteiger partial charge in [0.1, 0.15) is 0 Å². The van der Waals surface area contributed by atoms with Crippen LogP contribution in [0.3, 0.4) is 0 Å². The van der Waals surface area contributed by atoms with Crippen molar-refractivity contribution < 1.29 is 0 Å². The minimum Gasteiger partial charge on any atom is -0.256 e. The lowest BCUT2D eigenvalue weighted by Crippen LogP contribution is -1.93. The second-order valence-corrected chi connectivity index (χ2v) is 27.2. The quantitative estimate of drug-likeness (QED) is 0.142. The summed E-state index contributed by atoms with van der Waals surface area (Å²) in [6, 6.07) is 123. The van der Waals surface area contributed by atoms with Crippen LogP contribution in [0.25, 0.3) is 219 Å². The van der Waals surface area contributed by atoms with E-state index in [1.807, 2.05) is 30.7 Å². The standard InChI is InChI=1S/C98H58N4/c1-2-14-64-47-66(33-29-59(64)13-1)69-41-43-80-78(51-69)56-90(91-57-88(84-24-4-6-26-86(84)94(80)91)75-38-37-67-48-70(36-35-68(67)50-75)79-53-77-40-32-63-22-12-46-100-97(63)98(77)101-58-79)92-44-42-62-16-10-28-82(96(62)102-92)72-18-7-17-65(49-72)71-34-30-60-31-39-76-55-87(83-23-3-5-25-85(83)93(76)89(60)54-71)74-20-8-19-73(52-74)81-27-9-15-61-21-11-45-99-95(61)81/h1-58H. The van der Waals surface area contributed by atoms with Crippen LogP contribution in [-0.4, -0.2) is 19.9 Å². The number of benzene rings is 17. The Morgan fingerprint density at radius 1 is 0.167 bits per heavy atom. The van der Waals surface area contributed by atoms with E-state index in [1.54, 1.807) is 0 Å². The molecule has 0 aliphatic carbocycles. The van der Waals surface area contributed by atoms with Gasteiger partial charge in [-0.1, -0.05) is 249 Å². The van der Waals surface area contributed by atoms with Crippen LogP contribution in [0, 0.1) is 0 Å². The number of pyridine rings is 4. The number of hydrogen-bond donors (Lipinski definition) is 0. The van der Waals surface area contributed by atoms with E-state index in [4.69, 9.17) is 15.0 Å². The van der Waals surface area contributed by atoms with Crippen molar-refractivity contribution in [2.75, 3.05) is 0 Å². The maximum Gasteiger partial charge on any atom is 0.0964 e. The predicted molar refractivity (Wildman–Crippen MR) is 431 cm³/mol. The van der Waals surface area contributed by atoms with Crippen LogP contribution in [0.2, 0.25) is 0 Å². The van der Waals surface area contributed by atoms with E-state index >= 15 is 0 Å². The summed E-state index contributed by atoms with van der Waals surface area (Å²) < 4.78 is 0. The monoisotopic (exact) mass is 1290 g/mol. The molecule has 0 amide bonds. The van der Waals surface area contributed by atoms with Crippen molar-refractivity contribution in [3.63, 3.8) is 0 Å². The molecule has 0 spiro atoms. The van der Waals surface area contributed by atoms with Gasteiger partial charge >= 0.3 is 0 Å². The molecule has 0 fully saturated rings. The van der Waals surface area contributed by atoms with E-state index < -0.39 is 0 Å². The summed E-state index contributed by atoms with van der Waals surface area (Å²) in [7, 11) is 0. The second kappa shape index (κ2) is 23.0. The summed E-state index contributed by atoms with van der Waals surface area (Å²) in [6.45, 7) is 0. The minimum atomic E-state index is 0.917. The van der Waals surface area contributed by atoms with Crippen LogP contribution in [0.1, 0.15) is 0 Å². The van der Waals surface area contributed by atoms with Crippen LogP contribution >= 0.6 is 0 Å². The van der Waals surface area contributed by atoms with Crippen molar-refractivity contribution in [3.05, 3.63) is 352 Å². The first-order valence-electron chi connectivity index (χ1n) is 34.9. The van der Waals surface area contributed by atoms with Crippen LogP contribution in [0.5, 0.6) is 0 Å². The van der Waals surface area contributed by atoms with Crippen molar-refractivity contribution in [2.45, 2.75) is 0 Å². The molecule has 17 aromatic carbocycles. The van der Waals surface area contributed by atoms with Crippen LogP contribution < -0.4 is 0 Å². The number of fused-ring (bicyclic) bond motifs is 17. The number of rotatable bonds is 8.